The Morgan fingerprint density at radius 1 is 1.54 bits per heavy atom. The van der Waals surface area contributed by atoms with Gasteiger partial charge in [-0.15, -0.1) is 11.6 Å². The van der Waals surface area contributed by atoms with Crippen LogP contribution in [0.4, 0.5) is 0 Å². The minimum absolute atomic E-state index is 0.348. The second kappa shape index (κ2) is 4.49. The van der Waals surface area contributed by atoms with Crippen LogP contribution in [-0.2, 0) is 10.6 Å². The molecule has 0 saturated carbocycles. The fraction of sp³-hybridized carbons (Fsp3) is 0.222. The third-order valence-electron chi connectivity index (χ3n) is 1.59. The van der Waals surface area contributed by atoms with Gasteiger partial charge in [0.05, 0.1) is 17.7 Å². The first-order chi connectivity index (χ1) is 6.19. The van der Waals surface area contributed by atoms with E-state index < -0.39 is 5.97 Å². The summed E-state index contributed by atoms with van der Waals surface area (Å²) in [4.78, 5) is 11.2. The Balaban J connectivity index is 3.11. The van der Waals surface area contributed by atoms with Crippen molar-refractivity contribution in [3.8, 4) is 0 Å². The van der Waals surface area contributed by atoms with Crippen molar-refractivity contribution >= 4 is 29.2 Å². The zero-order valence-electron chi connectivity index (χ0n) is 7.01. The predicted molar refractivity (Wildman–Crippen MR) is 52.3 cm³/mol. The monoisotopic (exact) mass is 218 g/mol. The summed E-state index contributed by atoms with van der Waals surface area (Å²) in [6, 6.07) is 5.02. The molecule has 1 rings (SSSR count). The number of methoxy groups -OCH3 is 1. The van der Waals surface area contributed by atoms with Crippen LogP contribution in [0.3, 0.4) is 0 Å². The van der Waals surface area contributed by atoms with Crippen molar-refractivity contribution < 1.29 is 9.53 Å². The molecule has 1 aromatic carbocycles. The van der Waals surface area contributed by atoms with Crippen molar-refractivity contribution in [1.82, 2.24) is 0 Å². The van der Waals surface area contributed by atoms with Gasteiger partial charge in [0, 0.05) is 5.88 Å². The molecule has 0 bridgehead atoms. The molecular weight excluding hydrogens is 211 g/mol. The second-order valence-electron chi connectivity index (χ2n) is 2.44. The Bertz CT molecular complexity index is 323. The van der Waals surface area contributed by atoms with Crippen molar-refractivity contribution in [2.24, 2.45) is 0 Å². The number of rotatable bonds is 2. The predicted octanol–water partition coefficient (Wildman–Crippen LogP) is 2.87. The number of benzene rings is 1. The molecule has 0 aromatic heterocycles. The number of esters is 1. The molecule has 4 heteroatoms. The fourth-order valence-electron chi connectivity index (χ4n) is 0.922. The molecule has 0 aliphatic heterocycles. The Morgan fingerprint density at radius 3 is 2.77 bits per heavy atom. The summed E-state index contributed by atoms with van der Waals surface area (Å²) < 4.78 is 4.55. The van der Waals surface area contributed by atoms with Crippen LogP contribution in [0.25, 0.3) is 0 Å². The summed E-state index contributed by atoms with van der Waals surface area (Å²) in [6.45, 7) is 0. The van der Waals surface area contributed by atoms with Gasteiger partial charge in [0.1, 0.15) is 0 Å². The fourth-order valence-corrected chi connectivity index (χ4v) is 1.28. The zero-order valence-corrected chi connectivity index (χ0v) is 8.52. The van der Waals surface area contributed by atoms with Crippen molar-refractivity contribution in [3.05, 3.63) is 34.3 Å². The first kappa shape index (κ1) is 10.4. The van der Waals surface area contributed by atoms with Gasteiger partial charge in [0.2, 0.25) is 0 Å². The zero-order chi connectivity index (χ0) is 9.84. The van der Waals surface area contributed by atoms with Gasteiger partial charge in [-0.2, -0.15) is 0 Å². The van der Waals surface area contributed by atoms with Gasteiger partial charge in [-0.25, -0.2) is 4.79 Å². The average Bonchev–Trinajstić information content (AvgIpc) is 2.17. The minimum atomic E-state index is -0.447. The van der Waals surface area contributed by atoms with Crippen LogP contribution in [0.15, 0.2) is 18.2 Å². The lowest BCUT2D eigenvalue weighted by atomic mass is 10.1. The number of hydrogen-bond acceptors (Lipinski definition) is 2. The van der Waals surface area contributed by atoms with Crippen LogP contribution in [0.5, 0.6) is 0 Å². The number of carbonyl (C=O) groups is 1. The lowest BCUT2D eigenvalue weighted by Gasteiger charge is -2.03. The van der Waals surface area contributed by atoms with Gasteiger partial charge >= 0.3 is 5.97 Å². The molecule has 0 atom stereocenters. The van der Waals surface area contributed by atoms with Gasteiger partial charge in [-0.3, -0.25) is 0 Å². The summed E-state index contributed by atoms with van der Waals surface area (Å²) in [6.07, 6.45) is 0. The third kappa shape index (κ3) is 2.36. The molecule has 0 N–H and O–H groups in total. The number of alkyl halides is 1. The average molecular weight is 219 g/mol. The van der Waals surface area contributed by atoms with Gasteiger partial charge in [-0.05, 0) is 17.7 Å². The van der Waals surface area contributed by atoms with Crippen molar-refractivity contribution in [2.45, 2.75) is 5.88 Å². The van der Waals surface area contributed by atoms with E-state index in [1.165, 1.54) is 7.11 Å². The molecule has 0 unspecified atom stereocenters. The van der Waals surface area contributed by atoms with E-state index >= 15 is 0 Å². The van der Waals surface area contributed by atoms with Crippen LogP contribution in [0.2, 0.25) is 5.02 Å². The smallest absolute Gasteiger partial charge is 0.339 e. The maximum Gasteiger partial charge on any atom is 0.339 e. The topological polar surface area (TPSA) is 26.3 Å². The van der Waals surface area contributed by atoms with E-state index in [0.29, 0.717) is 16.5 Å². The van der Waals surface area contributed by atoms with Crippen molar-refractivity contribution in [1.29, 1.82) is 0 Å². The third-order valence-corrected chi connectivity index (χ3v) is 2.23. The summed E-state index contributed by atoms with van der Waals surface area (Å²) in [5.74, 6) is -0.0989. The molecule has 0 spiro atoms. The molecule has 0 fully saturated rings. The molecule has 0 saturated heterocycles. The van der Waals surface area contributed by atoms with E-state index in [-0.39, 0.29) is 0 Å². The Labute approximate surface area is 86.4 Å². The highest BCUT2D eigenvalue weighted by molar-refractivity contribution is 6.33. The normalized spacial score (nSPS) is 9.77. The highest BCUT2D eigenvalue weighted by Gasteiger charge is 2.10. The molecule has 0 radical (unpaired) electrons. The standard InChI is InChI=1S/C9H8Cl2O2/c1-13-9(12)7-4-6(5-10)2-3-8(7)11/h2-4H,5H2,1H3. The molecule has 1 aromatic rings. The maximum absolute atomic E-state index is 11.2. The summed E-state index contributed by atoms with van der Waals surface area (Å²) in [5, 5.41) is 0.376. The van der Waals surface area contributed by atoms with Crippen LogP contribution >= 0.6 is 23.2 Å². The lowest BCUT2D eigenvalue weighted by molar-refractivity contribution is 0.0601. The highest BCUT2D eigenvalue weighted by Crippen LogP contribution is 2.19. The minimum Gasteiger partial charge on any atom is -0.465 e. The van der Waals surface area contributed by atoms with E-state index in [9.17, 15) is 4.79 Å². The van der Waals surface area contributed by atoms with E-state index in [1.807, 2.05) is 0 Å². The van der Waals surface area contributed by atoms with E-state index in [2.05, 4.69) is 4.74 Å². The van der Waals surface area contributed by atoms with E-state index in [0.717, 1.165) is 5.56 Å². The number of halogens is 2. The molecule has 13 heavy (non-hydrogen) atoms. The van der Waals surface area contributed by atoms with Crippen LogP contribution in [0, 0.1) is 0 Å². The van der Waals surface area contributed by atoms with Gasteiger partial charge < -0.3 is 4.74 Å². The Hall–Kier alpha value is -0.730. The molecule has 0 aliphatic carbocycles. The van der Waals surface area contributed by atoms with Crippen molar-refractivity contribution in [2.75, 3.05) is 7.11 Å². The van der Waals surface area contributed by atoms with Gasteiger partial charge in [0.25, 0.3) is 0 Å². The van der Waals surface area contributed by atoms with E-state index in [1.54, 1.807) is 18.2 Å². The lowest BCUT2D eigenvalue weighted by Crippen LogP contribution is -2.02. The Kier molecular flexibility index (Phi) is 3.58. The molecule has 2 nitrogen and oxygen atoms in total. The summed E-state index contributed by atoms with van der Waals surface area (Å²) in [7, 11) is 1.31. The van der Waals surface area contributed by atoms with Crippen molar-refractivity contribution in [3.63, 3.8) is 0 Å². The second-order valence-corrected chi connectivity index (χ2v) is 3.11. The first-order valence-corrected chi connectivity index (χ1v) is 4.53. The van der Waals surface area contributed by atoms with Crippen LogP contribution in [0.1, 0.15) is 15.9 Å². The quantitative estimate of drug-likeness (QED) is 0.564. The SMILES string of the molecule is COC(=O)c1cc(CCl)ccc1Cl. The molecular formula is C9H8Cl2O2. The molecule has 70 valence electrons. The van der Waals surface area contributed by atoms with Crippen LogP contribution < -0.4 is 0 Å². The summed E-state index contributed by atoms with van der Waals surface area (Å²) >= 11 is 11.4. The number of carbonyl (C=O) groups excluding carboxylic acids is 1. The Morgan fingerprint density at radius 2 is 2.23 bits per heavy atom. The molecule has 0 amide bonds. The van der Waals surface area contributed by atoms with Gasteiger partial charge in [-0.1, -0.05) is 17.7 Å². The van der Waals surface area contributed by atoms with Gasteiger partial charge in [0.15, 0.2) is 0 Å². The van der Waals surface area contributed by atoms with Crippen LogP contribution in [-0.4, -0.2) is 13.1 Å². The first-order valence-electron chi connectivity index (χ1n) is 3.61. The molecule has 0 aliphatic rings. The number of ether oxygens (including phenoxy) is 1. The summed E-state index contributed by atoms with van der Waals surface area (Å²) in [5.41, 5.74) is 1.19. The molecule has 0 heterocycles. The maximum atomic E-state index is 11.2. The van der Waals surface area contributed by atoms with E-state index in [4.69, 9.17) is 23.2 Å². The largest absolute Gasteiger partial charge is 0.465 e. The highest BCUT2D eigenvalue weighted by atomic mass is 35.5. The number of hydrogen-bond donors (Lipinski definition) is 0.